The van der Waals surface area contributed by atoms with Gasteiger partial charge in [0.25, 0.3) is 0 Å². The van der Waals surface area contributed by atoms with E-state index in [2.05, 4.69) is 0 Å². The van der Waals surface area contributed by atoms with Crippen LogP contribution in [0.25, 0.3) is 12.2 Å². The van der Waals surface area contributed by atoms with Crippen LogP contribution in [0.4, 0.5) is 4.79 Å². The number of ether oxygens (including phenoxy) is 3. The van der Waals surface area contributed by atoms with E-state index >= 15 is 0 Å². The molecule has 150 valence electrons. The normalized spacial score (nSPS) is 11.1. The fourth-order valence-corrected chi connectivity index (χ4v) is 2.94. The minimum absolute atomic E-state index is 0.0783. The maximum atomic E-state index is 12.4. The number of carbonyl (C=O) groups excluding carboxylic acids is 1. The molecular formula is C23H29NO4. The van der Waals surface area contributed by atoms with Gasteiger partial charge in [-0.25, -0.2) is 4.79 Å². The van der Waals surface area contributed by atoms with Gasteiger partial charge in [-0.15, -0.1) is 0 Å². The largest absolute Gasteiger partial charge is 0.497 e. The van der Waals surface area contributed by atoms with Crippen LogP contribution in [-0.2, 0) is 0 Å². The molecule has 0 spiro atoms. The summed E-state index contributed by atoms with van der Waals surface area (Å²) in [7, 11) is 3.25. The van der Waals surface area contributed by atoms with Crippen molar-refractivity contribution in [3.05, 3.63) is 53.6 Å². The molecule has 1 amide bonds. The van der Waals surface area contributed by atoms with Gasteiger partial charge in [0, 0.05) is 18.2 Å². The van der Waals surface area contributed by atoms with Crippen LogP contribution < -0.4 is 14.2 Å². The fraction of sp³-hybridized carbons (Fsp3) is 0.348. The molecule has 0 radical (unpaired) electrons. The number of nitrogens with zero attached hydrogens (tertiary/aromatic N) is 1. The van der Waals surface area contributed by atoms with Crippen LogP contribution in [0, 0.1) is 0 Å². The minimum atomic E-state index is -0.336. The summed E-state index contributed by atoms with van der Waals surface area (Å²) in [4.78, 5) is 14.1. The van der Waals surface area contributed by atoms with Gasteiger partial charge in [-0.3, -0.25) is 0 Å². The highest BCUT2D eigenvalue weighted by Gasteiger charge is 2.21. The molecule has 0 saturated heterocycles. The molecule has 0 bridgehead atoms. The van der Waals surface area contributed by atoms with Crippen molar-refractivity contribution in [1.29, 1.82) is 0 Å². The lowest BCUT2D eigenvalue weighted by molar-refractivity contribution is 0.122. The van der Waals surface area contributed by atoms with E-state index < -0.39 is 0 Å². The Kier molecular flexibility index (Phi) is 7.50. The average molecular weight is 383 g/mol. The van der Waals surface area contributed by atoms with Crippen LogP contribution in [0.15, 0.2) is 42.5 Å². The van der Waals surface area contributed by atoms with Crippen LogP contribution in [0.5, 0.6) is 17.2 Å². The van der Waals surface area contributed by atoms with Gasteiger partial charge in [-0.05, 0) is 63.1 Å². The van der Waals surface area contributed by atoms with Crippen molar-refractivity contribution in [2.24, 2.45) is 0 Å². The molecule has 0 fully saturated rings. The molecule has 5 heteroatoms. The van der Waals surface area contributed by atoms with Crippen molar-refractivity contribution in [1.82, 2.24) is 4.90 Å². The van der Waals surface area contributed by atoms with Crippen LogP contribution in [0.3, 0.4) is 0 Å². The third kappa shape index (κ3) is 5.78. The Morgan fingerprint density at radius 3 is 1.75 bits per heavy atom. The zero-order valence-corrected chi connectivity index (χ0v) is 17.4. The topological polar surface area (TPSA) is 48.0 Å². The van der Waals surface area contributed by atoms with Crippen molar-refractivity contribution in [2.75, 3.05) is 14.2 Å². The summed E-state index contributed by atoms with van der Waals surface area (Å²) in [5.41, 5.74) is 1.96. The van der Waals surface area contributed by atoms with Gasteiger partial charge in [-0.1, -0.05) is 24.3 Å². The third-order valence-corrected chi connectivity index (χ3v) is 4.25. The van der Waals surface area contributed by atoms with Crippen molar-refractivity contribution >= 4 is 18.2 Å². The number of amides is 1. The van der Waals surface area contributed by atoms with Gasteiger partial charge in [0.05, 0.1) is 14.2 Å². The summed E-state index contributed by atoms with van der Waals surface area (Å²) in [5.74, 6) is 2.00. The van der Waals surface area contributed by atoms with E-state index in [0.29, 0.717) is 5.75 Å². The van der Waals surface area contributed by atoms with Gasteiger partial charge >= 0.3 is 6.09 Å². The summed E-state index contributed by atoms with van der Waals surface area (Å²) < 4.78 is 16.1. The molecule has 2 rings (SSSR count). The molecule has 0 aliphatic heterocycles. The van der Waals surface area contributed by atoms with E-state index in [-0.39, 0.29) is 18.2 Å². The number of methoxy groups -OCH3 is 2. The Hall–Kier alpha value is -2.95. The van der Waals surface area contributed by atoms with Gasteiger partial charge < -0.3 is 19.1 Å². The molecule has 2 aromatic rings. The van der Waals surface area contributed by atoms with E-state index in [1.807, 2.05) is 70.2 Å². The van der Waals surface area contributed by atoms with E-state index in [1.165, 1.54) is 0 Å². The molecule has 0 aliphatic rings. The van der Waals surface area contributed by atoms with Crippen molar-refractivity contribution < 1.29 is 19.0 Å². The SMILES string of the molecule is COc1cc(/C=C/c2ccc(OC(=O)N(C(C)C)C(C)C)cc2)cc(OC)c1. The summed E-state index contributed by atoms with van der Waals surface area (Å²) in [6, 6.07) is 13.3. The first-order valence-corrected chi connectivity index (χ1v) is 9.35. The quantitative estimate of drug-likeness (QED) is 0.593. The molecule has 0 aromatic heterocycles. The molecule has 0 N–H and O–H groups in total. The predicted octanol–water partition coefficient (Wildman–Crippen LogP) is 5.49. The summed E-state index contributed by atoms with van der Waals surface area (Å²) in [6.45, 7) is 7.90. The highest BCUT2D eigenvalue weighted by atomic mass is 16.6. The second-order valence-corrected chi connectivity index (χ2v) is 7.01. The second kappa shape index (κ2) is 9.83. The van der Waals surface area contributed by atoms with Crippen molar-refractivity contribution in [3.63, 3.8) is 0 Å². The first-order chi connectivity index (χ1) is 13.3. The van der Waals surface area contributed by atoms with Crippen LogP contribution in [0.2, 0.25) is 0 Å². The lowest BCUT2D eigenvalue weighted by atomic mass is 10.1. The predicted molar refractivity (Wildman–Crippen MR) is 113 cm³/mol. The number of carbonyl (C=O) groups is 1. The first kappa shape index (κ1) is 21.4. The molecule has 0 aliphatic carbocycles. The van der Waals surface area contributed by atoms with Crippen LogP contribution in [0.1, 0.15) is 38.8 Å². The zero-order chi connectivity index (χ0) is 20.7. The number of hydrogen-bond acceptors (Lipinski definition) is 4. The van der Waals surface area contributed by atoms with Gasteiger partial charge in [0.1, 0.15) is 17.2 Å². The Bertz CT molecular complexity index is 780. The molecule has 0 unspecified atom stereocenters. The number of hydrogen-bond donors (Lipinski definition) is 0. The molecule has 0 heterocycles. The summed E-state index contributed by atoms with van der Waals surface area (Å²) in [5, 5.41) is 0. The number of benzene rings is 2. The number of rotatable bonds is 7. The highest BCUT2D eigenvalue weighted by molar-refractivity contribution is 5.73. The maximum Gasteiger partial charge on any atom is 0.415 e. The monoisotopic (exact) mass is 383 g/mol. The smallest absolute Gasteiger partial charge is 0.415 e. The zero-order valence-electron chi connectivity index (χ0n) is 17.4. The summed E-state index contributed by atoms with van der Waals surface area (Å²) >= 11 is 0. The Morgan fingerprint density at radius 2 is 1.29 bits per heavy atom. The molecule has 0 atom stereocenters. The fourth-order valence-electron chi connectivity index (χ4n) is 2.94. The lowest BCUT2D eigenvalue weighted by Gasteiger charge is -2.29. The highest BCUT2D eigenvalue weighted by Crippen LogP contribution is 2.24. The third-order valence-electron chi connectivity index (χ3n) is 4.25. The molecule has 5 nitrogen and oxygen atoms in total. The Morgan fingerprint density at radius 1 is 0.786 bits per heavy atom. The van der Waals surface area contributed by atoms with E-state index in [9.17, 15) is 4.79 Å². The first-order valence-electron chi connectivity index (χ1n) is 9.35. The van der Waals surface area contributed by atoms with Gasteiger partial charge in [0.15, 0.2) is 0 Å². The molecular weight excluding hydrogens is 354 g/mol. The Balaban J connectivity index is 2.08. The average Bonchev–Trinajstić information content (AvgIpc) is 2.66. The summed E-state index contributed by atoms with van der Waals surface area (Å²) in [6.07, 6.45) is 3.62. The molecule has 28 heavy (non-hydrogen) atoms. The lowest BCUT2D eigenvalue weighted by Crippen LogP contribution is -2.43. The van der Waals surface area contributed by atoms with E-state index in [0.717, 1.165) is 22.6 Å². The van der Waals surface area contributed by atoms with Gasteiger partial charge in [0.2, 0.25) is 0 Å². The molecule has 2 aromatic carbocycles. The maximum absolute atomic E-state index is 12.4. The minimum Gasteiger partial charge on any atom is -0.497 e. The molecule has 0 saturated carbocycles. The standard InChI is InChI=1S/C23H29NO4/c1-16(2)24(17(3)4)23(25)28-20-11-9-18(10-12-20)7-8-19-13-21(26-5)15-22(14-19)27-6/h7-17H,1-6H3/b8-7+. The van der Waals surface area contributed by atoms with E-state index in [1.54, 1.807) is 31.3 Å². The van der Waals surface area contributed by atoms with E-state index in [4.69, 9.17) is 14.2 Å². The van der Waals surface area contributed by atoms with Gasteiger partial charge in [-0.2, -0.15) is 0 Å². The van der Waals surface area contributed by atoms with Crippen LogP contribution in [-0.4, -0.2) is 37.3 Å². The van der Waals surface area contributed by atoms with Crippen molar-refractivity contribution in [2.45, 2.75) is 39.8 Å². The second-order valence-electron chi connectivity index (χ2n) is 7.01. The Labute approximate surface area is 167 Å². The van der Waals surface area contributed by atoms with Crippen LogP contribution >= 0.6 is 0 Å². The van der Waals surface area contributed by atoms with Crippen molar-refractivity contribution in [3.8, 4) is 17.2 Å².